The van der Waals surface area contributed by atoms with E-state index in [0.717, 1.165) is 36.7 Å². The normalized spacial score (nSPS) is 19.2. The topological polar surface area (TPSA) is 129 Å². The molecule has 10 nitrogen and oxygen atoms in total. The van der Waals surface area contributed by atoms with E-state index in [9.17, 15) is 19.2 Å². The average Bonchev–Trinajstić information content (AvgIpc) is 2.75. The molecular weight excluding hydrogens is 528 g/mol. The molecule has 0 N–H and O–H groups in total. The third-order valence-electron chi connectivity index (χ3n) is 6.31. The number of unbranched alkanes of at least 4 members (excludes halogenated alkanes) is 3. The van der Waals surface area contributed by atoms with E-state index in [4.69, 9.17) is 0 Å². The van der Waals surface area contributed by atoms with Crippen molar-refractivity contribution < 1.29 is 45.3 Å². The number of hydrogen-bond donors (Lipinski definition) is 0. The van der Waals surface area contributed by atoms with Gasteiger partial charge in [-0.3, -0.25) is 4.79 Å². The second-order valence-electron chi connectivity index (χ2n) is 12.2. The van der Waals surface area contributed by atoms with Crippen molar-refractivity contribution in [2.24, 2.45) is 5.41 Å². The van der Waals surface area contributed by atoms with Gasteiger partial charge in [0.05, 0.1) is 39.5 Å². The molecule has 1 aromatic rings. The number of amides is 4. The fourth-order valence-electron chi connectivity index (χ4n) is 3.59. The van der Waals surface area contributed by atoms with Gasteiger partial charge in [-0.25, -0.2) is 0 Å². The first-order valence-electron chi connectivity index (χ1n) is 12.8. The summed E-state index contributed by atoms with van der Waals surface area (Å²) in [6.45, 7) is 10.3. The first kappa shape index (κ1) is 33.5. The second-order valence-corrected chi connectivity index (χ2v) is 12.2. The van der Waals surface area contributed by atoms with Crippen molar-refractivity contribution in [2.75, 3.05) is 27.7 Å². The quantitative estimate of drug-likeness (QED) is 0.155. The molecule has 0 atom stereocenters. The predicted molar refractivity (Wildman–Crippen MR) is 143 cm³/mol. The minimum Gasteiger partial charge on any atom is -0.643 e. The van der Waals surface area contributed by atoms with E-state index < -0.39 is 40.1 Å². The number of nitrogens with zero attached hydrogens (tertiary/aromatic N) is 6. The van der Waals surface area contributed by atoms with Crippen LogP contribution in [0.1, 0.15) is 67.2 Å². The van der Waals surface area contributed by atoms with Gasteiger partial charge in [0.25, 0.3) is 0 Å². The summed E-state index contributed by atoms with van der Waals surface area (Å²) in [6, 6.07) is 3.33. The molecule has 0 aromatic carbocycles. The Morgan fingerprint density at radius 3 is 1.76 bits per heavy atom. The van der Waals surface area contributed by atoms with E-state index >= 15 is 0 Å². The summed E-state index contributed by atoms with van der Waals surface area (Å²) < 4.78 is 2.72. The van der Waals surface area contributed by atoms with Crippen LogP contribution in [0.4, 0.5) is 11.5 Å². The van der Waals surface area contributed by atoms with Crippen LogP contribution in [-0.4, -0.2) is 66.9 Å². The van der Waals surface area contributed by atoms with Crippen molar-refractivity contribution in [3.63, 3.8) is 0 Å². The molecule has 38 heavy (non-hydrogen) atoms. The van der Waals surface area contributed by atoms with Gasteiger partial charge >= 0.3 is 17.1 Å². The molecule has 0 fully saturated rings. The molecule has 0 spiro atoms. The maximum absolute atomic E-state index is 13.2. The number of hydrogen-bond acceptors (Lipinski definition) is 4. The Morgan fingerprint density at radius 1 is 0.737 bits per heavy atom. The third kappa shape index (κ3) is 8.78. The van der Waals surface area contributed by atoms with Gasteiger partial charge in [-0.2, -0.15) is 5.32 Å². The van der Waals surface area contributed by atoms with Gasteiger partial charge in [0.15, 0.2) is 0 Å². The number of quaternary nitrogens is 1. The molecule has 0 saturated heterocycles. The SMILES string of the molecule is CC1(C)[N-]C(=O)C(C)(C)C(=O)[N-]C(C)(C)C(=O)[N-]c2c(ccc[n+]2CCCCCC[N+](C)(C)C)[N-]C1=O.[Fe+4]. The zero-order valence-corrected chi connectivity index (χ0v) is 25.2. The summed E-state index contributed by atoms with van der Waals surface area (Å²) in [7, 11) is 6.51. The maximum atomic E-state index is 13.2. The molecule has 11 heteroatoms. The zero-order valence-electron chi connectivity index (χ0n) is 24.1. The van der Waals surface area contributed by atoms with Crippen LogP contribution >= 0.6 is 0 Å². The van der Waals surface area contributed by atoms with Crippen LogP contribution in [-0.2, 0) is 42.8 Å². The molecule has 210 valence electrons. The predicted octanol–water partition coefficient (Wildman–Crippen LogP) is 4.70. The summed E-state index contributed by atoms with van der Waals surface area (Å²) in [4.78, 5) is 52.2. The molecule has 0 radical (unpaired) electrons. The fraction of sp³-hybridized carbons (Fsp3) is 0.667. The summed E-state index contributed by atoms with van der Waals surface area (Å²) in [5, 5.41) is 16.6. The standard InChI is InChI=1S/C27H44N6O4.Fe/c1-25(2)21(34)30-26(3,4)23(36)28-19-15-14-17-32(16-12-10-11-13-18-33(7,8)9)20(19)29-24(37)27(5,6)31-22(25)35;/h14-15,17H,10-13,16,18H2,1-9H3,(H2-,28,30,31,34,35,36);/q;+4/p-2. The van der Waals surface area contributed by atoms with E-state index in [1.165, 1.54) is 41.5 Å². The Balaban J connectivity index is 0.00000722. The van der Waals surface area contributed by atoms with Crippen molar-refractivity contribution in [1.82, 2.24) is 0 Å². The molecular formula is C27H42FeN6O4+2. The van der Waals surface area contributed by atoms with Crippen LogP contribution in [0, 0.1) is 5.41 Å². The Kier molecular flexibility index (Phi) is 11.1. The summed E-state index contributed by atoms with van der Waals surface area (Å²) in [5.41, 5.74) is -4.51. The van der Waals surface area contributed by atoms with E-state index in [-0.39, 0.29) is 28.6 Å². The molecule has 1 aromatic heterocycles. The Morgan fingerprint density at radius 2 is 1.24 bits per heavy atom. The first-order chi connectivity index (χ1) is 16.9. The molecule has 2 heterocycles. The van der Waals surface area contributed by atoms with Crippen molar-refractivity contribution in [3.05, 3.63) is 39.6 Å². The Bertz CT molecular complexity index is 1050. The van der Waals surface area contributed by atoms with E-state index in [1.807, 2.05) is 0 Å². The number of aromatic nitrogens is 1. The second kappa shape index (κ2) is 12.6. The molecule has 2 rings (SSSR count). The maximum Gasteiger partial charge on any atom is 4.00 e. The van der Waals surface area contributed by atoms with Crippen LogP contribution in [0.3, 0.4) is 0 Å². The van der Waals surface area contributed by atoms with Crippen LogP contribution < -0.4 is 4.57 Å². The van der Waals surface area contributed by atoms with E-state index in [1.54, 1.807) is 22.9 Å². The minimum absolute atomic E-state index is 0. The van der Waals surface area contributed by atoms with Crippen LogP contribution in [0.2, 0.25) is 0 Å². The summed E-state index contributed by atoms with van der Waals surface area (Å²) in [6.07, 6.45) is 5.84. The van der Waals surface area contributed by atoms with Crippen LogP contribution in [0.25, 0.3) is 21.3 Å². The number of aryl methyl sites for hydroxylation is 1. The van der Waals surface area contributed by atoms with Crippen molar-refractivity contribution in [1.29, 1.82) is 0 Å². The smallest absolute Gasteiger partial charge is 0.643 e. The molecule has 1 aliphatic rings. The molecule has 1 aliphatic heterocycles. The van der Waals surface area contributed by atoms with E-state index in [2.05, 4.69) is 42.4 Å². The van der Waals surface area contributed by atoms with Gasteiger partial charge in [-0.15, -0.1) is 0 Å². The van der Waals surface area contributed by atoms with E-state index in [0.29, 0.717) is 6.54 Å². The van der Waals surface area contributed by atoms with Crippen molar-refractivity contribution in [3.8, 4) is 0 Å². The van der Waals surface area contributed by atoms with Gasteiger partial charge in [-0.1, -0.05) is 51.4 Å². The summed E-state index contributed by atoms with van der Waals surface area (Å²) >= 11 is 0. The monoisotopic (exact) mass is 570 g/mol. The first-order valence-corrected chi connectivity index (χ1v) is 12.8. The third-order valence-corrected chi connectivity index (χ3v) is 6.31. The average molecular weight is 571 g/mol. The van der Waals surface area contributed by atoms with Gasteiger partial charge in [0.1, 0.15) is 5.82 Å². The molecule has 4 amide bonds. The number of fused-ring (bicyclic) bond motifs is 1. The molecule has 0 unspecified atom stereocenters. The van der Waals surface area contributed by atoms with Crippen molar-refractivity contribution >= 4 is 35.1 Å². The Hall–Kier alpha value is -2.49. The largest absolute Gasteiger partial charge is 4.00 e. The van der Waals surface area contributed by atoms with Gasteiger partial charge in [-0.05, 0) is 44.7 Å². The molecule has 0 bridgehead atoms. The Labute approximate surface area is 237 Å². The number of rotatable bonds is 7. The summed E-state index contributed by atoms with van der Waals surface area (Å²) in [5.74, 6) is -2.75. The zero-order chi connectivity index (χ0) is 28.2. The number of carbonyl (C=O) groups excluding carboxylic acids is 4. The van der Waals surface area contributed by atoms with Gasteiger partial charge < -0.3 is 39.4 Å². The number of pyridine rings is 1. The fourth-order valence-corrected chi connectivity index (χ4v) is 3.59. The minimum atomic E-state index is -1.65. The van der Waals surface area contributed by atoms with Gasteiger partial charge in [0, 0.05) is 24.1 Å². The number of carbonyl (C=O) groups is 4. The van der Waals surface area contributed by atoms with Gasteiger partial charge in [0.2, 0.25) is 5.91 Å². The molecule has 0 saturated carbocycles. The van der Waals surface area contributed by atoms with Crippen LogP contribution in [0.5, 0.6) is 0 Å². The molecule has 0 aliphatic carbocycles. The van der Waals surface area contributed by atoms with Crippen LogP contribution in [0.15, 0.2) is 18.3 Å². The van der Waals surface area contributed by atoms with Crippen molar-refractivity contribution in [2.45, 2.75) is 84.8 Å².